The fourth-order valence-corrected chi connectivity index (χ4v) is 3.73. The van der Waals surface area contributed by atoms with E-state index in [-0.39, 0.29) is 5.56 Å². The molecule has 0 fully saturated rings. The van der Waals surface area contributed by atoms with Gasteiger partial charge in [-0.15, -0.1) is 0 Å². The number of thioether (sulfide) groups is 1. The molecule has 28 heavy (non-hydrogen) atoms. The zero-order valence-electron chi connectivity index (χ0n) is 15.5. The van der Waals surface area contributed by atoms with E-state index in [1.165, 1.54) is 11.8 Å². The minimum absolute atomic E-state index is 0.0706. The summed E-state index contributed by atoms with van der Waals surface area (Å²) in [6.07, 6.45) is 1.93. The number of aromatic nitrogens is 3. The minimum Gasteiger partial charge on any atom is -0.288 e. The highest BCUT2D eigenvalue weighted by atomic mass is 35.5. The highest BCUT2D eigenvalue weighted by Crippen LogP contribution is 2.24. The maximum Gasteiger partial charge on any atom is 0.260 e. The molecule has 0 unspecified atom stereocenters. The molecule has 4 nitrogen and oxygen atoms in total. The van der Waals surface area contributed by atoms with Gasteiger partial charge < -0.3 is 0 Å². The quantitative estimate of drug-likeness (QED) is 0.345. The molecule has 4 aromatic rings. The Balaban J connectivity index is 2.01. The molecule has 140 valence electrons. The lowest BCUT2D eigenvalue weighted by molar-refractivity contribution is 0.771. The van der Waals surface area contributed by atoms with E-state index < -0.39 is 0 Å². The molecule has 0 N–H and O–H groups in total. The smallest absolute Gasteiger partial charge is 0.260 e. The number of benzene rings is 2. The van der Waals surface area contributed by atoms with E-state index in [2.05, 4.69) is 9.97 Å². The Bertz CT molecular complexity index is 1200. The van der Waals surface area contributed by atoms with Gasteiger partial charge >= 0.3 is 0 Å². The molecule has 0 amide bonds. The van der Waals surface area contributed by atoms with Crippen molar-refractivity contribution in [3.8, 4) is 11.1 Å². The number of halogens is 1. The van der Waals surface area contributed by atoms with Crippen LogP contribution in [0.3, 0.4) is 0 Å². The van der Waals surface area contributed by atoms with Crippen molar-refractivity contribution in [2.24, 2.45) is 0 Å². The van der Waals surface area contributed by atoms with Crippen LogP contribution in [0.25, 0.3) is 22.2 Å². The van der Waals surface area contributed by atoms with E-state index in [4.69, 9.17) is 11.6 Å². The van der Waals surface area contributed by atoms with Gasteiger partial charge in [-0.05, 0) is 42.5 Å². The van der Waals surface area contributed by atoms with Crippen LogP contribution in [0, 0.1) is 6.92 Å². The van der Waals surface area contributed by atoms with Gasteiger partial charge in [0, 0.05) is 16.0 Å². The number of aryl methyl sites for hydroxylation is 1. The molecule has 0 saturated heterocycles. The first-order chi connectivity index (χ1) is 13.6. The Hall–Kier alpha value is -2.63. The zero-order chi connectivity index (χ0) is 19.7. The number of hydrogen-bond acceptors (Lipinski definition) is 4. The third-order valence-electron chi connectivity index (χ3n) is 4.64. The summed E-state index contributed by atoms with van der Waals surface area (Å²) >= 11 is 7.48. The minimum atomic E-state index is -0.0706. The third kappa shape index (κ3) is 3.55. The van der Waals surface area contributed by atoms with Crippen LogP contribution in [-0.4, -0.2) is 20.8 Å². The van der Waals surface area contributed by atoms with Crippen molar-refractivity contribution in [1.82, 2.24) is 14.5 Å². The van der Waals surface area contributed by atoms with Crippen LogP contribution < -0.4 is 5.56 Å². The van der Waals surface area contributed by atoms with Crippen LogP contribution in [0.15, 0.2) is 70.6 Å². The second kappa shape index (κ2) is 7.78. The summed E-state index contributed by atoms with van der Waals surface area (Å²) in [5, 5.41) is 2.20. The fraction of sp³-hybridized carbons (Fsp3) is 0.136. The van der Waals surface area contributed by atoms with Crippen LogP contribution in [0.1, 0.15) is 11.3 Å². The zero-order valence-corrected chi connectivity index (χ0v) is 17.1. The standard InChI is InChI=1S/C22H18ClN3OS/c1-14-18-12-19(16-6-4-3-5-7-16)21(27)26(20(18)25-22(24-14)28-2)13-15-8-10-17(23)11-9-15/h3-12H,13H2,1-2H3. The van der Waals surface area contributed by atoms with Crippen LogP contribution in [0.4, 0.5) is 0 Å². The normalized spacial score (nSPS) is 11.1. The van der Waals surface area contributed by atoms with E-state index in [0.717, 1.165) is 22.2 Å². The van der Waals surface area contributed by atoms with E-state index in [1.54, 1.807) is 4.57 Å². The molecule has 0 spiro atoms. The first-order valence-electron chi connectivity index (χ1n) is 8.83. The Morgan fingerprint density at radius 3 is 2.43 bits per heavy atom. The van der Waals surface area contributed by atoms with Crippen molar-refractivity contribution in [2.75, 3.05) is 6.26 Å². The van der Waals surface area contributed by atoms with Crippen molar-refractivity contribution in [1.29, 1.82) is 0 Å². The van der Waals surface area contributed by atoms with E-state index in [9.17, 15) is 4.79 Å². The van der Waals surface area contributed by atoms with Crippen LogP contribution in [-0.2, 0) is 6.54 Å². The van der Waals surface area contributed by atoms with Crippen molar-refractivity contribution in [3.63, 3.8) is 0 Å². The number of hydrogen-bond donors (Lipinski definition) is 0. The molecule has 0 radical (unpaired) electrons. The fourth-order valence-electron chi connectivity index (χ4n) is 3.20. The molecule has 0 aliphatic carbocycles. The predicted octanol–water partition coefficient (Wildman–Crippen LogP) is 5.19. The van der Waals surface area contributed by atoms with Gasteiger partial charge in [-0.25, -0.2) is 9.97 Å². The molecule has 0 aliphatic heterocycles. The predicted molar refractivity (Wildman–Crippen MR) is 116 cm³/mol. The molecular weight excluding hydrogens is 390 g/mol. The molecule has 4 rings (SSSR count). The summed E-state index contributed by atoms with van der Waals surface area (Å²) in [6, 6.07) is 19.1. The largest absolute Gasteiger partial charge is 0.288 e. The number of pyridine rings is 1. The topological polar surface area (TPSA) is 47.8 Å². The molecule has 0 aliphatic rings. The Morgan fingerprint density at radius 2 is 1.75 bits per heavy atom. The van der Waals surface area contributed by atoms with Crippen LogP contribution in [0.5, 0.6) is 0 Å². The first kappa shape index (κ1) is 18.7. The average Bonchev–Trinajstić information content (AvgIpc) is 2.72. The van der Waals surface area contributed by atoms with Gasteiger partial charge in [0.15, 0.2) is 5.16 Å². The number of rotatable bonds is 4. The summed E-state index contributed by atoms with van der Waals surface area (Å²) in [5.41, 5.74) is 3.95. The molecule has 2 aromatic carbocycles. The number of nitrogens with zero attached hydrogens (tertiary/aromatic N) is 3. The Kier molecular flexibility index (Phi) is 5.20. The molecule has 0 bridgehead atoms. The second-order valence-corrected chi connectivity index (χ2v) is 7.68. The Morgan fingerprint density at radius 1 is 1.04 bits per heavy atom. The monoisotopic (exact) mass is 407 g/mol. The summed E-state index contributed by atoms with van der Waals surface area (Å²) in [4.78, 5) is 22.7. The summed E-state index contributed by atoms with van der Waals surface area (Å²) < 4.78 is 1.73. The van der Waals surface area contributed by atoms with Crippen molar-refractivity contribution in [2.45, 2.75) is 18.6 Å². The van der Waals surface area contributed by atoms with E-state index >= 15 is 0 Å². The van der Waals surface area contributed by atoms with Gasteiger partial charge in [0.05, 0.1) is 12.2 Å². The van der Waals surface area contributed by atoms with Crippen LogP contribution in [0.2, 0.25) is 5.02 Å². The van der Waals surface area contributed by atoms with Crippen LogP contribution >= 0.6 is 23.4 Å². The maximum atomic E-state index is 13.4. The van der Waals surface area contributed by atoms with Gasteiger partial charge in [-0.3, -0.25) is 9.36 Å². The van der Waals surface area contributed by atoms with Gasteiger partial charge in [-0.2, -0.15) is 0 Å². The highest BCUT2D eigenvalue weighted by molar-refractivity contribution is 7.98. The summed E-state index contributed by atoms with van der Waals surface area (Å²) in [5.74, 6) is 0. The summed E-state index contributed by atoms with van der Waals surface area (Å²) in [6.45, 7) is 2.37. The lowest BCUT2D eigenvalue weighted by Gasteiger charge is -2.14. The van der Waals surface area contributed by atoms with Crippen molar-refractivity contribution in [3.05, 3.63) is 87.3 Å². The molecular formula is C22H18ClN3OS. The van der Waals surface area contributed by atoms with Gasteiger partial charge in [-0.1, -0.05) is 65.8 Å². The third-order valence-corrected chi connectivity index (χ3v) is 5.44. The maximum absolute atomic E-state index is 13.4. The SMILES string of the molecule is CSc1nc(C)c2cc(-c3ccccc3)c(=O)n(Cc3ccc(Cl)cc3)c2n1. The average molecular weight is 408 g/mol. The van der Waals surface area contributed by atoms with Gasteiger partial charge in [0.25, 0.3) is 5.56 Å². The lowest BCUT2D eigenvalue weighted by Crippen LogP contribution is -2.24. The van der Waals surface area contributed by atoms with Gasteiger partial charge in [0.1, 0.15) is 5.65 Å². The molecule has 6 heteroatoms. The van der Waals surface area contributed by atoms with E-state index in [0.29, 0.717) is 27.9 Å². The molecule has 0 atom stereocenters. The molecule has 0 saturated carbocycles. The lowest BCUT2D eigenvalue weighted by atomic mass is 10.0. The van der Waals surface area contributed by atoms with Crippen molar-refractivity contribution >= 4 is 34.4 Å². The highest BCUT2D eigenvalue weighted by Gasteiger charge is 2.15. The van der Waals surface area contributed by atoms with Gasteiger partial charge in [0.2, 0.25) is 0 Å². The number of fused-ring (bicyclic) bond motifs is 1. The molecule has 2 heterocycles. The van der Waals surface area contributed by atoms with Crippen molar-refractivity contribution < 1.29 is 0 Å². The van der Waals surface area contributed by atoms with E-state index in [1.807, 2.05) is 73.8 Å². The summed E-state index contributed by atoms with van der Waals surface area (Å²) in [7, 11) is 0. The first-order valence-corrected chi connectivity index (χ1v) is 10.4. The molecule has 2 aromatic heterocycles. The Labute approximate surface area is 172 Å². The second-order valence-electron chi connectivity index (χ2n) is 6.47.